The molecule has 0 saturated carbocycles. The first kappa shape index (κ1) is 13.3. The highest BCUT2D eigenvalue weighted by molar-refractivity contribution is 5.38. The van der Waals surface area contributed by atoms with Gasteiger partial charge in [0.15, 0.2) is 0 Å². The van der Waals surface area contributed by atoms with E-state index < -0.39 is 0 Å². The number of aromatic nitrogens is 1. The normalized spacial score (nSPS) is 20.1. The topological polar surface area (TPSA) is 28.2 Å². The molecule has 4 heteroatoms. The highest BCUT2D eigenvalue weighted by atomic mass is 19.1. The van der Waals surface area contributed by atoms with Crippen molar-refractivity contribution in [3.05, 3.63) is 24.1 Å². The number of hydrogen-bond donors (Lipinski definition) is 1. The van der Waals surface area contributed by atoms with Gasteiger partial charge < -0.3 is 10.2 Å². The molecule has 0 bridgehead atoms. The van der Waals surface area contributed by atoms with Crippen molar-refractivity contribution in [2.24, 2.45) is 5.92 Å². The molecule has 2 rings (SSSR count). The van der Waals surface area contributed by atoms with Gasteiger partial charge in [-0.1, -0.05) is 6.92 Å². The molecule has 1 N–H and O–H groups in total. The van der Waals surface area contributed by atoms with E-state index in [0.717, 1.165) is 32.0 Å². The van der Waals surface area contributed by atoms with Crippen LogP contribution in [0.3, 0.4) is 0 Å². The zero-order chi connectivity index (χ0) is 12.8. The number of rotatable bonds is 5. The summed E-state index contributed by atoms with van der Waals surface area (Å²) in [6.07, 6.45) is 4.94. The van der Waals surface area contributed by atoms with Gasteiger partial charge in [-0.05, 0) is 50.4 Å². The molecule has 1 aliphatic rings. The van der Waals surface area contributed by atoms with E-state index in [4.69, 9.17) is 0 Å². The molecular weight excluding hydrogens is 229 g/mol. The van der Waals surface area contributed by atoms with Crippen molar-refractivity contribution in [2.45, 2.75) is 26.2 Å². The van der Waals surface area contributed by atoms with Crippen molar-refractivity contribution in [1.29, 1.82) is 0 Å². The predicted molar refractivity (Wildman–Crippen MR) is 72.3 cm³/mol. The van der Waals surface area contributed by atoms with Crippen molar-refractivity contribution >= 4 is 5.82 Å². The molecule has 1 fully saturated rings. The van der Waals surface area contributed by atoms with E-state index in [9.17, 15) is 4.39 Å². The molecule has 0 radical (unpaired) electrons. The molecule has 0 aromatic carbocycles. The summed E-state index contributed by atoms with van der Waals surface area (Å²) in [4.78, 5) is 6.43. The van der Waals surface area contributed by atoms with E-state index in [0.29, 0.717) is 5.92 Å². The van der Waals surface area contributed by atoms with Crippen molar-refractivity contribution < 1.29 is 4.39 Å². The largest absolute Gasteiger partial charge is 0.356 e. The standard InChI is InChI=1S/C14H22FN3/c1-2-7-16-9-12-4-3-8-18(11-12)14-6-5-13(15)10-17-14/h5-6,10,12,16H,2-4,7-9,11H2,1H3. The van der Waals surface area contributed by atoms with Gasteiger partial charge in [-0.2, -0.15) is 0 Å². The second-order valence-electron chi connectivity index (χ2n) is 4.99. The number of anilines is 1. The van der Waals surface area contributed by atoms with Crippen molar-refractivity contribution in [2.75, 3.05) is 31.1 Å². The number of pyridine rings is 1. The highest BCUT2D eigenvalue weighted by Crippen LogP contribution is 2.21. The fraction of sp³-hybridized carbons (Fsp3) is 0.643. The fourth-order valence-corrected chi connectivity index (χ4v) is 2.48. The van der Waals surface area contributed by atoms with Crippen LogP contribution in [0.2, 0.25) is 0 Å². The summed E-state index contributed by atoms with van der Waals surface area (Å²) in [7, 11) is 0. The Morgan fingerprint density at radius 1 is 1.50 bits per heavy atom. The fourth-order valence-electron chi connectivity index (χ4n) is 2.48. The third kappa shape index (κ3) is 3.67. The summed E-state index contributed by atoms with van der Waals surface area (Å²) in [6, 6.07) is 3.26. The molecule has 3 nitrogen and oxygen atoms in total. The summed E-state index contributed by atoms with van der Waals surface area (Å²) in [5.41, 5.74) is 0. The van der Waals surface area contributed by atoms with Gasteiger partial charge in [0, 0.05) is 13.1 Å². The molecule has 0 aliphatic carbocycles. The van der Waals surface area contributed by atoms with Crippen LogP contribution in [0.25, 0.3) is 0 Å². The first-order valence-electron chi connectivity index (χ1n) is 6.87. The molecule has 1 atom stereocenters. The minimum absolute atomic E-state index is 0.267. The zero-order valence-corrected chi connectivity index (χ0v) is 11.0. The third-order valence-electron chi connectivity index (χ3n) is 3.41. The number of hydrogen-bond acceptors (Lipinski definition) is 3. The lowest BCUT2D eigenvalue weighted by Gasteiger charge is -2.33. The van der Waals surface area contributed by atoms with Crippen LogP contribution in [-0.4, -0.2) is 31.2 Å². The van der Waals surface area contributed by atoms with Crippen LogP contribution in [0, 0.1) is 11.7 Å². The van der Waals surface area contributed by atoms with Crippen LogP contribution >= 0.6 is 0 Å². The third-order valence-corrected chi connectivity index (χ3v) is 3.41. The summed E-state index contributed by atoms with van der Waals surface area (Å²) < 4.78 is 12.8. The minimum atomic E-state index is -0.267. The first-order chi connectivity index (χ1) is 8.79. The number of nitrogens with zero attached hydrogens (tertiary/aromatic N) is 2. The van der Waals surface area contributed by atoms with E-state index in [-0.39, 0.29) is 5.82 Å². The van der Waals surface area contributed by atoms with Gasteiger partial charge in [0.25, 0.3) is 0 Å². The molecule has 1 aromatic rings. The molecule has 100 valence electrons. The first-order valence-corrected chi connectivity index (χ1v) is 6.87. The molecule has 0 spiro atoms. The molecule has 1 saturated heterocycles. The summed E-state index contributed by atoms with van der Waals surface area (Å²) >= 11 is 0. The second-order valence-corrected chi connectivity index (χ2v) is 4.99. The quantitative estimate of drug-likeness (QED) is 0.815. The lowest BCUT2D eigenvalue weighted by Crippen LogP contribution is -2.40. The van der Waals surface area contributed by atoms with Gasteiger partial charge in [0.05, 0.1) is 6.20 Å². The van der Waals surface area contributed by atoms with Gasteiger partial charge in [-0.3, -0.25) is 0 Å². The van der Waals surface area contributed by atoms with E-state index in [1.807, 2.05) is 0 Å². The van der Waals surface area contributed by atoms with Crippen LogP contribution in [0.1, 0.15) is 26.2 Å². The van der Waals surface area contributed by atoms with Crippen LogP contribution in [-0.2, 0) is 0 Å². The summed E-state index contributed by atoms with van der Waals surface area (Å²) in [5.74, 6) is 1.31. The predicted octanol–water partition coefficient (Wildman–Crippen LogP) is 2.44. The lowest BCUT2D eigenvalue weighted by molar-refractivity contribution is 0.391. The van der Waals surface area contributed by atoms with Crippen LogP contribution in [0.15, 0.2) is 18.3 Å². The highest BCUT2D eigenvalue weighted by Gasteiger charge is 2.20. The van der Waals surface area contributed by atoms with E-state index in [1.54, 1.807) is 6.07 Å². The van der Waals surface area contributed by atoms with E-state index in [1.165, 1.54) is 31.5 Å². The van der Waals surface area contributed by atoms with Crippen LogP contribution in [0.5, 0.6) is 0 Å². The Balaban J connectivity index is 1.88. The van der Waals surface area contributed by atoms with Gasteiger partial charge >= 0.3 is 0 Å². The van der Waals surface area contributed by atoms with Crippen molar-refractivity contribution in [3.8, 4) is 0 Å². The van der Waals surface area contributed by atoms with Gasteiger partial charge in [-0.15, -0.1) is 0 Å². The van der Waals surface area contributed by atoms with Gasteiger partial charge in [-0.25, -0.2) is 9.37 Å². The van der Waals surface area contributed by atoms with Gasteiger partial charge in [0.2, 0.25) is 0 Å². The SMILES string of the molecule is CCCNCC1CCCN(c2ccc(F)cn2)C1. The monoisotopic (exact) mass is 251 g/mol. The molecule has 1 aliphatic heterocycles. The Bertz CT molecular complexity index is 353. The Hall–Kier alpha value is -1.16. The van der Waals surface area contributed by atoms with Crippen LogP contribution < -0.4 is 10.2 Å². The maximum Gasteiger partial charge on any atom is 0.141 e. The van der Waals surface area contributed by atoms with E-state index in [2.05, 4.69) is 22.1 Å². The molecule has 1 unspecified atom stereocenters. The molecule has 18 heavy (non-hydrogen) atoms. The molecule has 0 amide bonds. The summed E-state index contributed by atoms with van der Waals surface area (Å²) in [6.45, 7) is 6.40. The Labute approximate surface area is 108 Å². The maximum atomic E-state index is 12.8. The van der Waals surface area contributed by atoms with Gasteiger partial charge in [0.1, 0.15) is 11.6 Å². The maximum absolute atomic E-state index is 12.8. The minimum Gasteiger partial charge on any atom is -0.356 e. The second kappa shape index (κ2) is 6.69. The van der Waals surface area contributed by atoms with Crippen LogP contribution in [0.4, 0.5) is 10.2 Å². The number of halogens is 1. The molecular formula is C14H22FN3. The number of nitrogens with one attached hydrogen (secondary N) is 1. The average Bonchev–Trinajstić information content (AvgIpc) is 2.40. The van der Waals surface area contributed by atoms with Crippen molar-refractivity contribution in [1.82, 2.24) is 10.3 Å². The number of piperidine rings is 1. The van der Waals surface area contributed by atoms with E-state index >= 15 is 0 Å². The Morgan fingerprint density at radius 3 is 3.11 bits per heavy atom. The average molecular weight is 251 g/mol. The molecule has 2 heterocycles. The molecule has 1 aromatic heterocycles. The smallest absolute Gasteiger partial charge is 0.141 e. The Morgan fingerprint density at radius 2 is 2.39 bits per heavy atom. The summed E-state index contributed by atoms with van der Waals surface area (Å²) in [5, 5.41) is 3.48. The Kier molecular flexibility index (Phi) is 4.93. The lowest BCUT2D eigenvalue weighted by atomic mass is 9.98. The zero-order valence-electron chi connectivity index (χ0n) is 11.0. The van der Waals surface area contributed by atoms with Crippen molar-refractivity contribution in [3.63, 3.8) is 0 Å².